The molecule has 0 saturated carbocycles. The molecule has 1 amide bonds. The number of anilines is 2. The molecule has 0 saturated heterocycles. The lowest BCUT2D eigenvalue weighted by Crippen LogP contribution is -2.30. The number of carbonyl (C=O) groups excluding carboxylic acids is 1. The molecule has 164 valence electrons. The van der Waals surface area contributed by atoms with Gasteiger partial charge in [-0.25, -0.2) is 22.0 Å². The summed E-state index contributed by atoms with van der Waals surface area (Å²) < 4.78 is 58.9. The highest BCUT2D eigenvalue weighted by atomic mass is 32.2. The van der Waals surface area contributed by atoms with Crippen LogP contribution in [0.15, 0.2) is 41.3 Å². The number of nitrogens with one attached hydrogen (secondary N) is 1. The monoisotopic (exact) mass is 457 g/mol. The molecule has 0 heterocycles. The second-order valence-corrected chi connectivity index (χ2v) is 9.97. The highest BCUT2D eigenvalue weighted by molar-refractivity contribution is 7.92. The third-order valence-corrected chi connectivity index (χ3v) is 7.00. The number of carbonyl (C=O) groups is 1. The van der Waals surface area contributed by atoms with Crippen molar-refractivity contribution in [3.63, 3.8) is 0 Å². The van der Waals surface area contributed by atoms with Gasteiger partial charge in [-0.3, -0.25) is 9.10 Å². The molecule has 0 radical (unpaired) electrons. The smallest absolute Gasteiger partial charge is 0.257 e. The number of nitrogens with two attached hydrogens (primary N) is 1. The summed E-state index contributed by atoms with van der Waals surface area (Å²) in [6.07, 6.45) is 0. The second kappa shape index (κ2) is 8.90. The third-order valence-electron chi connectivity index (χ3n) is 4.31. The maximum atomic E-state index is 12.9. The van der Waals surface area contributed by atoms with Crippen LogP contribution in [0.1, 0.15) is 17.3 Å². The predicted molar refractivity (Wildman–Crippen MR) is 113 cm³/mol. The first-order valence-corrected chi connectivity index (χ1v) is 11.8. The second-order valence-electron chi connectivity index (χ2n) is 6.12. The van der Waals surface area contributed by atoms with Crippen LogP contribution in [0.4, 0.5) is 11.4 Å². The van der Waals surface area contributed by atoms with Crippen LogP contribution in [0.3, 0.4) is 0 Å². The van der Waals surface area contributed by atoms with E-state index >= 15 is 0 Å². The molecule has 2 rings (SSSR count). The largest absolute Gasteiger partial charge is 0.493 e. The van der Waals surface area contributed by atoms with Crippen molar-refractivity contribution in [2.45, 2.75) is 11.8 Å². The van der Waals surface area contributed by atoms with E-state index in [1.165, 1.54) is 64.6 Å². The van der Waals surface area contributed by atoms with E-state index in [-0.39, 0.29) is 39.1 Å². The van der Waals surface area contributed by atoms with E-state index in [4.69, 9.17) is 14.6 Å². The molecule has 0 fully saturated rings. The number of hydrogen-bond acceptors (Lipinski definition) is 7. The number of benzene rings is 2. The molecule has 0 aliphatic rings. The highest BCUT2D eigenvalue weighted by Crippen LogP contribution is 2.36. The van der Waals surface area contributed by atoms with Crippen LogP contribution >= 0.6 is 0 Å². The summed E-state index contributed by atoms with van der Waals surface area (Å²) in [5, 5.41) is 7.66. The van der Waals surface area contributed by atoms with Crippen molar-refractivity contribution in [3.8, 4) is 11.5 Å². The average Bonchev–Trinajstić information content (AvgIpc) is 2.71. The molecule has 2 aromatic rings. The van der Waals surface area contributed by atoms with Crippen molar-refractivity contribution in [2.75, 3.05) is 36.6 Å². The van der Waals surface area contributed by atoms with Gasteiger partial charge in [0.2, 0.25) is 20.0 Å². The topological polar surface area (TPSA) is 145 Å². The summed E-state index contributed by atoms with van der Waals surface area (Å²) in [4.78, 5) is 12.8. The molecule has 0 bridgehead atoms. The van der Waals surface area contributed by atoms with Crippen LogP contribution < -0.4 is 24.2 Å². The van der Waals surface area contributed by atoms with E-state index in [0.29, 0.717) is 0 Å². The lowest BCUT2D eigenvalue weighted by atomic mass is 10.1. The minimum absolute atomic E-state index is 0.0164. The molecule has 0 aromatic heterocycles. The molecule has 10 nitrogen and oxygen atoms in total. The molecule has 12 heteroatoms. The first-order chi connectivity index (χ1) is 13.9. The van der Waals surface area contributed by atoms with E-state index in [1.54, 1.807) is 0 Å². The van der Waals surface area contributed by atoms with Gasteiger partial charge in [0.1, 0.15) is 0 Å². The number of primary sulfonamides is 1. The van der Waals surface area contributed by atoms with E-state index in [2.05, 4.69) is 5.32 Å². The first kappa shape index (κ1) is 23.4. The van der Waals surface area contributed by atoms with E-state index in [1.807, 2.05) is 0 Å². The molecular formula is C18H23N3O7S2. The SMILES string of the molecule is CCS(=O)(=O)N(C)c1cc(OC)c(OC)cc1C(=O)Nc1ccc(S(N)(=O)=O)cc1. The summed E-state index contributed by atoms with van der Waals surface area (Å²) in [6, 6.07) is 7.98. The zero-order valence-electron chi connectivity index (χ0n) is 16.9. The molecular weight excluding hydrogens is 434 g/mol. The summed E-state index contributed by atoms with van der Waals surface area (Å²) in [7, 11) is -3.43. The Morgan fingerprint density at radius 2 is 1.57 bits per heavy atom. The van der Waals surface area contributed by atoms with Crippen molar-refractivity contribution in [2.24, 2.45) is 5.14 Å². The Bertz CT molecular complexity index is 1150. The number of amides is 1. The molecule has 0 aliphatic carbocycles. The van der Waals surface area contributed by atoms with Crippen LogP contribution in [0.25, 0.3) is 0 Å². The molecule has 30 heavy (non-hydrogen) atoms. The van der Waals surface area contributed by atoms with Gasteiger partial charge in [0.25, 0.3) is 5.91 Å². The van der Waals surface area contributed by atoms with Crippen molar-refractivity contribution >= 4 is 37.3 Å². The molecule has 0 atom stereocenters. The van der Waals surface area contributed by atoms with Crippen molar-refractivity contribution in [3.05, 3.63) is 42.0 Å². The standard InChI is InChI=1S/C18H23N3O7S2/c1-5-29(23,24)21(2)15-11-17(28-4)16(27-3)10-14(15)18(22)20-12-6-8-13(9-7-12)30(19,25)26/h6-11H,5H2,1-4H3,(H,20,22)(H2,19,25,26). The first-order valence-electron chi connectivity index (χ1n) is 8.61. The van der Waals surface area contributed by atoms with Gasteiger partial charge in [0.05, 0.1) is 36.1 Å². The third kappa shape index (κ3) is 5.01. The number of ether oxygens (including phenoxy) is 2. The van der Waals surface area contributed by atoms with Gasteiger partial charge in [0, 0.05) is 18.8 Å². The Morgan fingerprint density at radius 1 is 1.03 bits per heavy atom. The predicted octanol–water partition coefficient (Wildman–Crippen LogP) is 1.39. The number of nitrogens with zero attached hydrogens (tertiary/aromatic N) is 1. The van der Waals surface area contributed by atoms with Crippen molar-refractivity contribution < 1.29 is 31.1 Å². The molecule has 2 aromatic carbocycles. The van der Waals surface area contributed by atoms with Gasteiger partial charge in [0.15, 0.2) is 11.5 Å². The van der Waals surface area contributed by atoms with Gasteiger partial charge in [-0.1, -0.05) is 0 Å². The van der Waals surface area contributed by atoms with Gasteiger partial charge < -0.3 is 14.8 Å². The van der Waals surface area contributed by atoms with Crippen LogP contribution in [0, 0.1) is 0 Å². The molecule has 0 unspecified atom stereocenters. The fraction of sp³-hybridized carbons (Fsp3) is 0.278. The Morgan fingerprint density at radius 3 is 2.03 bits per heavy atom. The Balaban J connectivity index is 2.51. The lowest BCUT2D eigenvalue weighted by Gasteiger charge is -2.23. The van der Waals surface area contributed by atoms with Gasteiger partial charge in [-0.05, 0) is 37.3 Å². The van der Waals surface area contributed by atoms with E-state index < -0.39 is 26.0 Å². The zero-order valence-corrected chi connectivity index (χ0v) is 18.5. The normalized spacial score (nSPS) is 11.6. The lowest BCUT2D eigenvalue weighted by molar-refractivity contribution is 0.102. The summed E-state index contributed by atoms with van der Waals surface area (Å²) in [5.74, 6) is -0.320. The maximum Gasteiger partial charge on any atom is 0.257 e. The Kier molecular flexibility index (Phi) is 6.95. The number of rotatable bonds is 8. The summed E-state index contributed by atoms with van der Waals surface area (Å²) in [5.41, 5.74) is 0.394. The number of methoxy groups -OCH3 is 2. The van der Waals surface area contributed by atoms with Gasteiger partial charge in [-0.15, -0.1) is 0 Å². The van der Waals surface area contributed by atoms with Crippen molar-refractivity contribution in [1.82, 2.24) is 0 Å². The maximum absolute atomic E-state index is 12.9. The van der Waals surface area contributed by atoms with Crippen LogP contribution in [0.5, 0.6) is 11.5 Å². The minimum Gasteiger partial charge on any atom is -0.493 e. The van der Waals surface area contributed by atoms with Crippen LogP contribution in [-0.2, 0) is 20.0 Å². The Labute approximate surface area is 175 Å². The molecule has 3 N–H and O–H groups in total. The summed E-state index contributed by atoms with van der Waals surface area (Å²) >= 11 is 0. The minimum atomic E-state index is -3.87. The van der Waals surface area contributed by atoms with Gasteiger partial charge in [-0.2, -0.15) is 0 Å². The Hall–Kier alpha value is -2.83. The molecule has 0 spiro atoms. The summed E-state index contributed by atoms with van der Waals surface area (Å²) in [6.45, 7) is 1.49. The van der Waals surface area contributed by atoms with E-state index in [9.17, 15) is 21.6 Å². The van der Waals surface area contributed by atoms with Gasteiger partial charge >= 0.3 is 0 Å². The van der Waals surface area contributed by atoms with Crippen LogP contribution in [0.2, 0.25) is 0 Å². The van der Waals surface area contributed by atoms with E-state index in [0.717, 1.165) is 4.31 Å². The number of sulfonamides is 2. The average molecular weight is 458 g/mol. The quantitative estimate of drug-likeness (QED) is 0.609. The highest BCUT2D eigenvalue weighted by Gasteiger charge is 2.25. The number of hydrogen-bond donors (Lipinski definition) is 2. The molecule has 0 aliphatic heterocycles. The zero-order chi connectivity index (χ0) is 22.7. The fourth-order valence-corrected chi connectivity index (χ4v) is 3.93. The fourth-order valence-electron chi connectivity index (χ4n) is 2.58. The van der Waals surface area contributed by atoms with Crippen molar-refractivity contribution in [1.29, 1.82) is 0 Å². The van der Waals surface area contributed by atoms with Crippen LogP contribution in [-0.4, -0.2) is 49.8 Å².